The average Bonchev–Trinajstić information content (AvgIpc) is 2.77. The summed E-state index contributed by atoms with van der Waals surface area (Å²) in [5.41, 5.74) is 4.41. The predicted molar refractivity (Wildman–Crippen MR) is 81.7 cm³/mol. The number of ether oxygens (including phenoxy) is 3. The number of hydrogen-bond donors (Lipinski definition) is 1. The minimum atomic E-state index is -1.04. The molecule has 0 amide bonds. The summed E-state index contributed by atoms with van der Waals surface area (Å²) in [6.07, 6.45) is -1.90. The second-order valence-corrected chi connectivity index (χ2v) is 6.11. The molecule has 0 aliphatic carbocycles. The lowest BCUT2D eigenvalue weighted by Crippen LogP contribution is -2.36. The van der Waals surface area contributed by atoms with Gasteiger partial charge in [0.1, 0.15) is 18.8 Å². The van der Waals surface area contributed by atoms with Crippen molar-refractivity contribution in [2.45, 2.75) is 37.1 Å². The number of aromatic nitrogens is 2. The Morgan fingerprint density at radius 1 is 1.46 bits per heavy atom. The predicted octanol–water partition coefficient (Wildman–Crippen LogP) is 0.120. The van der Waals surface area contributed by atoms with Gasteiger partial charge < -0.3 is 19.9 Å². The Labute approximate surface area is 144 Å². The van der Waals surface area contributed by atoms with Crippen molar-refractivity contribution in [1.29, 1.82) is 0 Å². The highest BCUT2D eigenvalue weighted by Gasteiger charge is 2.47. The molecular formula is C13H15BrFN3O6. The molecule has 0 saturated carbocycles. The molecule has 9 nitrogen and oxygen atoms in total. The van der Waals surface area contributed by atoms with Crippen LogP contribution >= 0.6 is 15.9 Å². The van der Waals surface area contributed by atoms with Crippen LogP contribution in [0.25, 0.3) is 0 Å². The molecule has 4 atom stereocenters. The number of alkyl halides is 1. The van der Waals surface area contributed by atoms with Crippen molar-refractivity contribution in [2.24, 2.45) is 0 Å². The highest BCUT2D eigenvalue weighted by atomic mass is 79.9. The van der Waals surface area contributed by atoms with Crippen LogP contribution in [0.2, 0.25) is 0 Å². The van der Waals surface area contributed by atoms with Gasteiger partial charge in [0.05, 0.1) is 11.0 Å². The van der Waals surface area contributed by atoms with Crippen LogP contribution in [0.4, 0.5) is 10.2 Å². The summed E-state index contributed by atoms with van der Waals surface area (Å²) in [4.78, 5) is 36.8. The average molecular weight is 408 g/mol. The normalized spacial score (nSPS) is 26.2. The zero-order valence-corrected chi connectivity index (χ0v) is 14.4. The topological polar surface area (TPSA) is 123 Å². The summed E-state index contributed by atoms with van der Waals surface area (Å²) in [6, 6.07) is 0. The second kappa shape index (κ2) is 7.26. The van der Waals surface area contributed by atoms with Gasteiger partial charge in [-0.2, -0.15) is 4.98 Å². The van der Waals surface area contributed by atoms with E-state index in [2.05, 4.69) is 20.9 Å². The van der Waals surface area contributed by atoms with Gasteiger partial charge in [-0.15, -0.1) is 0 Å². The molecule has 132 valence electrons. The first-order chi connectivity index (χ1) is 11.2. The van der Waals surface area contributed by atoms with Crippen LogP contribution in [0.15, 0.2) is 11.0 Å². The highest BCUT2D eigenvalue weighted by Crippen LogP contribution is 2.36. The Morgan fingerprint density at radius 2 is 2.12 bits per heavy atom. The maximum atomic E-state index is 13.6. The number of nitrogen functional groups attached to an aromatic ring is 1. The standard InChI is InChI=1S/C13H15BrFN3O6/c1-5(19)22-4-8-10(23-6(2)20)9(14)12(24-8)18-3-7(15)11(16)17-13(18)21/h3,8-10,12H,4H2,1-2H3,(H2,16,17,21). The van der Waals surface area contributed by atoms with Gasteiger partial charge >= 0.3 is 17.6 Å². The molecule has 1 aromatic heterocycles. The molecule has 4 unspecified atom stereocenters. The van der Waals surface area contributed by atoms with E-state index in [-0.39, 0.29) is 6.61 Å². The number of hydrogen-bond acceptors (Lipinski definition) is 8. The number of rotatable bonds is 4. The molecule has 1 fully saturated rings. The van der Waals surface area contributed by atoms with E-state index in [0.29, 0.717) is 0 Å². The molecule has 0 aromatic carbocycles. The van der Waals surface area contributed by atoms with Crippen LogP contribution in [0.5, 0.6) is 0 Å². The molecule has 11 heteroatoms. The molecule has 0 spiro atoms. The summed E-state index contributed by atoms with van der Waals surface area (Å²) >= 11 is 3.28. The third kappa shape index (κ3) is 3.90. The molecule has 0 bridgehead atoms. The van der Waals surface area contributed by atoms with Crippen molar-refractivity contribution in [2.75, 3.05) is 12.3 Å². The van der Waals surface area contributed by atoms with Crippen LogP contribution in [0.3, 0.4) is 0 Å². The van der Waals surface area contributed by atoms with E-state index in [0.717, 1.165) is 10.8 Å². The van der Waals surface area contributed by atoms with Crippen LogP contribution in [0, 0.1) is 5.82 Å². The van der Waals surface area contributed by atoms with E-state index >= 15 is 0 Å². The molecule has 2 heterocycles. The van der Waals surface area contributed by atoms with Gasteiger partial charge in [-0.05, 0) is 0 Å². The van der Waals surface area contributed by atoms with Crippen LogP contribution in [-0.4, -0.2) is 45.1 Å². The highest BCUT2D eigenvalue weighted by molar-refractivity contribution is 9.09. The zero-order valence-electron chi connectivity index (χ0n) is 12.8. The Kier molecular flexibility index (Phi) is 5.54. The number of carbonyl (C=O) groups is 2. The second-order valence-electron chi connectivity index (χ2n) is 5.05. The van der Waals surface area contributed by atoms with Gasteiger partial charge in [0.25, 0.3) is 0 Å². The molecule has 2 rings (SSSR count). The van der Waals surface area contributed by atoms with Gasteiger partial charge in [0, 0.05) is 13.8 Å². The summed E-state index contributed by atoms with van der Waals surface area (Å²) in [6.45, 7) is 2.21. The van der Waals surface area contributed by atoms with Crippen LogP contribution < -0.4 is 11.4 Å². The molecule has 2 N–H and O–H groups in total. The van der Waals surface area contributed by atoms with Crippen molar-refractivity contribution in [3.8, 4) is 0 Å². The first-order valence-electron chi connectivity index (χ1n) is 6.85. The fourth-order valence-corrected chi connectivity index (χ4v) is 3.05. The Morgan fingerprint density at radius 3 is 2.71 bits per heavy atom. The van der Waals surface area contributed by atoms with Crippen LogP contribution in [-0.2, 0) is 23.8 Å². The lowest BCUT2D eigenvalue weighted by Gasteiger charge is -2.19. The van der Waals surface area contributed by atoms with E-state index in [1.54, 1.807) is 0 Å². The first-order valence-corrected chi connectivity index (χ1v) is 7.76. The molecule has 1 saturated heterocycles. The Hall–Kier alpha value is -2.01. The molecular weight excluding hydrogens is 393 g/mol. The fraction of sp³-hybridized carbons (Fsp3) is 0.538. The fourth-order valence-electron chi connectivity index (χ4n) is 2.22. The zero-order chi connectivity index (χ0) is 18.0. The Bertz CT molecular complexity index is 711. The smallest absolute Gasteiger partial charge is 0.351 e. The van der Waals surface area contributed by atoms with Gasteiger partial charge in [0.2, 0.25) is 0 Å². The number of halogens is 2. The third-order valence-corrected chi connectivity index (χ3v) is 4.20. The van der Waals surface area contributed by atoms with Crippen LogP contribution in [0.1, 0.15) is 20.1 Å². The van der Waals surface area contributed by atoms with E-state index < -0.39 is 52.5 Å². The van der Waals surface area contributed by atoms with Gasteiger partial charge in [-0.1, -0.05) is 15.9 Å². The van der Waals surface area contributed by atoms with Gasteiger partial charge in [0.15, 0.2) is 17.9 Å². The monoisotopic (exact) mass is 407 g/mol. The van der Waals surface area contributed by atoms with E-state index in [9.17, 15) is 18.8 Å². The molecule has 24 heavy (non-hydrogen) atoms. The summed E-state index contributed by atoms with van der Waals surface area (Å²) < 4.78 is 30.2. The van der Waals surface area contributed by atoms with Crippen molar-refractivity contribution < 1.29 is 28.2 Å². The molecule has 0 radical (unpaired) electrons. The minimum Gasteiger partial charge on any atom is -0.463 e. The number of anilines is 1. The SMILES string of the molecule is CC(=O)OCC1OC(n2cc(F)c(N)nc2=O)C(Br)C1OC(C)=O. The van der Waals surface area contributed by atoms with Gasteiger partial charge in [-0.25, -0.2) is 9.18 Å². The largest absolute Gasteiger partial charge is 0.463 e. The van der Waals surface area contributed by atoms with Gasteiger partial charge in [-0.3, -0.25) is 14.2 Å². The van der Waals surface area contributed by atoms with Crippen molar-refractivity contribution in [1.82, 2.24) is 9.55 Å². The van der Waals surface area contributed by atoms with E-state index in [4.69, 9.17) is 19.9 Å². The number of esters is 2. The Balaban J connectivity index is 2.31. The van der Waals surface area contributed by atoms with E-state index in [1.165, 1.54) is 13.8 Å². The van der Waals surface area contributed by atoms with Crippen molar-refractivity contribution >= 4 is 33.7 Å². The number of carbonyl (C=O) groups excluding carboxylic acids is 2. The summed E-state index contributed by atoms with van der Waals surface area (Å²) in [7, 11) is 0. The number of nitrogens with two attached hydrogens (primary N) is 1. The van der Waals surface area contributed by atoms with E-state index in [1.807, 2.05) is 0 Å². The maximum Gasteiger partial charge on any atom is 0.351 e. The lowest BCUT2D eigenvalue weighted by molar-refractivity contribution is -0.155. The third-order valence-electron chi connectivity index (χ3n) is 3.23. The summed E-state index contributed by atoms with van der Waals surface area (Å²) in [5.74, 6) is -2.57. The molecule has 1 aliphatic rings. The quantitative estimate of drug-likeness (QED) is 0.551. The van der Waals surface area contributed by atoms with Crippen molar-refractivity contribution in [3.05, 3.63) is 22.5 Å². The molecule has 1 aromatic rings. The molecule has 1 aliphatic heterocycles. The maximum absolute atomic E-state index is 13.6. The van der Waals surface area contributed by atoms with Crippen molar-refractivity contribution in [3.63, 3.8) is 0 Å². The minimum absolute atomic E-state index is 0.203. The lowest BCUT2D eigenvalue weighted by atomic mass is 10.2. The summed E-state index contributed by atoms with van der Waals surface area (Å²) in [5, 5.41) is 0. The first kappa shape index (κ1) is 18.3. The number of nitrogens with zero attached hydrogens (tertiary/aromatic N) is 2.